The summed E-state index contributed by atoms with van der Waals surface area (Å²) in [6, 6.07) is 10.2. The molecule has 2 heterocycles. The van der Waals surface area contributed by atoms with E-state index in [2.05, 4.69) is 47.0 Å². The van der Waals surface area contributed by atoms with Crippen LogP contribution in [0.4, 0.5) is 5.82 Å². The summed E-state index contributed by atoms with van der Waals surface area (Å²) in [6.45, 7) is 3.55. The standard InChI is InChI=1S/C16H22N4/c1-3-14-10-13(12-17)11-16(19-14)20(2)9-7-15-6-4-5-8-18-15/h4-6,8,10-11H,3,7,9,12,17H2,1-2H3. The van der Waals surface area contributed by atoms with Crippen LogP contribution in [-0.2, 0) is 19.4 Å². The molecular formula is C16H22N4. The minimum atomic E-state index is 0.552. The normalized spacial score (nSPS) is 10.6. The van der Waals surface area contributed by atoms with E-state index >= 15 is 0 Å². The van der Waals surface area contributed by atoms with Gasteiger partial charge in [-0.1, -0.05) is 13.0 Å². The molecular weight excluding hydrogens is 248 g/mol. The van der Waals surface area contributed by atoms with Crippen molar-refractivity contribution in [1.82, 2.24) is 9.97 Å². The molecule has 0 bridgehead atoms. The first kappa shape index (κ1) is 14.5. The molecule has 0 aliphatic rings. The Morgan fingerprint density at radius 3 is 2.70 bits per heavy atom. The van der Waals surface area contributed by atoms with E-state index in [9.17, 15) is 0 Å². The Morgan fingerprint density at radius 1 is 1.20 bits per heavy atom. The molecule has 2 N–H and O–H groups in total. The zero-order chi connectivity index (χ0) is 14.4. The highest BCUT2D eigenvalue weighted by atomic mass is 15.2. The quantitative estimate of drug-likeness (QED) is 0.874. The van der Waals surface area contributed by atoms with Gasteiger partial charge in [0.1, 0.15) is 5.82 Å². The lowest BCUT2D eigenvalue weighted by molar-refractivity contribution is 0.829. The molecule has 0 aliphatic heterocycles. The van der Waals surface area contributed by atoms with Crippen LogP contribution in [0.5, 0.6) is 0 Å². The number of anilines is 1. The van der Waals surface area contributed by atoms with Crippen molar-refractivity contribution in [2.24, 2.45) is 5.73 Å². The van der Waals surface area contributed by atoms with Gasteiger partial charge in [0.2, 0.25) is 0 Å². The Bertz CT molecular complexity index is 517. The molecule has 0 aromatic carbocycles. The van der Waals surface area contributed by atoms with Gasteiger partial charge in [-0.15, -0.1) is 0 Å². The van der Waals surface area contributed by atoms with Crippen molar-refractivity contribution in [1.29, 1.82) is 0 Å². The summed E-state index contributed by atoms with van der Waals surface area (Å²) in [4.78, 5) is 11.2. The molecule has 0 spiro atoms. The summed E-state index contributed by atoms with van der Waals surface area (Å²) >= 11 is 0. The highest BCUT2D eigenvalue weighted by molar-refractivity contribution is 5.42. The average molecular weight is 270 g/mol. The number of pyridine rings is 2. The molecule has 106 valence electrons. The number of aryl methyl sites for hydroxylation is 1. The van der Waals surface area contributed by atoms with E-state index in [1.807, 2.05) is 18.3 Å². The predicted octanol–water partition coefficient (Wildman–Crippen LogP) is 2.18. The lowest BCUT2D eigenvalue weighted by Crippen LogP contribution is -2.22. The highest BCUT2D eigenvalue weighted by Gasteiger charge is 2.06. The number of nitrogens with two attached hydrogens (primary N) is 1. The number of aromatic nitrogens is 2. The van der Waals surface area contributed by atoms with Crippen molar-refractivity contribution in [3.8, 4) is 0 Å². The molecule has 0 unspecified atom stereocenters. The Balaban J connectivity index is 2.06. The van der Waals surface area contributed by atoms with E-state index in [1.165, 1.54) is 0 Å². The van der Waals surface area contributed by atoms with Gasteiger partial charge in [0.05, 0.1) is 0 Å². The molecule has 0 saturated heterocycles. The molecule has 2 aromatic heterocycles. The van der Waals surface area contributed by atoms with Gasteiger partial charge in [-0.25, -0.2) is 4.98 Å². The maximum absolute atomic E-state index is 5.75. The van der Waals surface area contributed by atoms with Gasteiger partial charge in [-0.2, -0.15) is 0 Å². The average Bonchev–Trinajstić information content (AvgIpc) is 2.52. The lowest BCUT2D eigenvalue weighted by Gasteiger charge is -2.19. The van der Waals surface area contributed by atoms with Gasteiger partial charge in [0, 0.05) is 44.1 Å². The zero-order valence-electron chi connectivity index (χ0n) is 12.2. The second-order valence-corrected chi connectivity index (χ2v) is 4.88. The number of likely N-dealkylation sites (N-methyl/N-ethyl adjacent to an activating group) is 1. The van der Waals surface area contributed by atoms with Gasteiger partial charge in [-0.3, -0.25) is 4.98 Å². The first-order valence-corrected chi connectivity index (χ1v) is 7.04. The summed E-state index contributed by atoms with van der Waals surface area (Å²) in [5.41, 5.74) is 9.08. The predicted molar refractivity (Wildman–Crippen MR) is 82.7 cm³/mol. The van der Waals surface area contributed by atoms with Crippen LogP contribution in [0, 0.1) is 0 Å². The Hall–Kier alpha value is -1.94. The second-order valence-electron chi connectivity index (χ2n) is 4.88. The molecule has 0 amide bonds. The topological polar surface area (TPSA) is 55.0 Å². The van der Waals surface area contributed by atoms with Gasteiger partial charge >= 0.3 is 0 Å². The molecule has 4 heteroatoms. The number of hydrogen-bond acceptors (Lipinski definition) is 4. The maximum Gasteiger partial charge on any atom is 0.128 e. The molecule has 0 saturated carbocycles. The largest absolute Gasteiger partial charge is 0.359 e. The van der Waals surface area contributed by atoms with E-state index in [0.29, 0.717) is 6.54 Å². The van der Waals surface area contributed by atoms with Crippen molar-refractivity contribution >= 4 is 5.82 Å². The van der Waals surface area contributed by atoms with Gasteiger partial charge in [-0.05, 0) is 36.2 Å². The third-order valence-electron chi connectivity index (χ3n) is 3.34. The first-order chi connectivity index (χ1) is 9.72. The Morgan fingerprint density at radius 2 is 2.05 bits per heavy atom. The van der Waals surface area contributed by atoms with E-state index < -0.39 is 0 Å². The summed E-state index contributed by atoms with van der Waals surface area (Å²) < 4.78 is 0. The summed E-state index contributed by atoms with van der Waals surface area (Å²) in [7, 11) is 2.06. The molecule has 0 aliphatic carbocycles. The number of nitrogens with zero attached hydrogens (tertiary/aromatic N) is 3. The molecule has 0 fully saturated rings. The van der Waals surface area contributed by atoms with Crippen molar-refractivity contribution in [3.63, 3.8) is 0 Å². The van der Waals surface area contributed by atoms with Crippen LogP contribution < -0.4 is 10.6 Å². The number of hydrogen-bond donors (Lipinski definition) is 1. The SMILES string of the molecule is CCc1cc(CN)cc(N(C)CCc2ccccn2)n1. The van der Waals surface area contributed by atoms with Crippen LogP contribution in [0.1, 0.15) is 23.9 Å². The zero-order valence-corrected chi connectivity index (χ0v) is 12.2. The molecule has 4 nitrogen and oxygen atoms in total. The van der Waals surface area contributed by atoms with Crippen LogP contribution in [0.25, 0.3) is 0 Å². The fraction of sp³-hybridized carbons (Fsp3) is 0.375. The van der Waals surface area contributed by atoms with E-state index in [1.54, 1.807) is 0 Å². The first-order valence-electron chi connectivity index (χ1n) is 7.04. The summed E-state index contributed by atoms with van der Waals surface area (Å²) in [6.07, 6.45) is 3.67. The van der Waals surface area contributed by atoms with E-state index in [-0.39, 0.29) is 0 Å². The van der Waals surface area contributed by atoms with Crippen molar-refractivity contribution in [2.75, 3.05) is 18.5 Å². The van der Waals surface area contributed by atoms with Gasteiger partial charge in [0.25, 0.3) is 0 Å². The van der Waals surface area contributed by atoms with E-state index in [0.717, 1.165) is 42.2 Å². The van der Waals surface area contributed by atoms with E-state index in [4.69, 9.17) is 5.73 Å². The van der Waals surface area contributed by atoms with Gasteiger partial charge < -0.3 is 10.6 Å². The van der Waals surface area contributed by atoms with Crippen LogP contribution in [0.2, 0.25) is 0 Å². The fourth-order valence-corrected chi connectivity index (χ4v) is 2.07. The number of rotatable bonds is 6. The van der Waals surface area contributed by atoms with Crippen LogP contribution in [0.3, 0.4) is 0 Å². The molecule has 0 atom stereocenters. The smallest absolute Gasteiger partial charge is 0.128 e. The maximum atomic E-state index is 5.75. The highest BCUT2D eigenvalue weighted by Crippen LogP contribution is 2.14. The summed E-state index contributed by atoms with van der Waals surface area (Å²) in [5.74, 6) is 0.987. The molecule has 2 aromatic rings. The minimum Gasteiger partial charge on any atom is -0.359 e. The fourth-order valence-electron chi connectivity index (χ4n) is 2.07. The van der Waals surface area contributed by atoms with Crippen molar-refractivity contribution in [3.05, 3.63) is 53.5 Å². The third-order valence-corrected chi connectivity index (χ3v) is 3.34. The molecule has 0 radical (unpaired) electrons. The van der Waals surface area contributed by atoms with Crippen molar-refractivity contribution < 1.29 is 0 Å². The third kappa shape index (κ3) is 3.78. The lowest BCUT2D eigenvalue weighted by atomic mass is 10.2. The van der Waals surface area contributed by atoms with Crippen LogP contribution in [-0.4, -0.2) is 23.6 Å². The Labute approximate surface area is 120 Å². The molecule has 20 heavy (non-hydrogen) atoms. The molecule has 2 rings (SSSR count). The second kappa shape index (κ2) is 7.01. The van der Waals surface area contributed by atoms with Gasteiger partial charge in [0.15, 0.2) is 0 Å². The monoisotopic (exact) mass is 270 g/mol. The Kier molecular flexibility index (Phi) is 5.07. The van der Waals surface area contributed by atoms with Crippen LogP contribution >= 0.6 is 0 Å². The summed E-state index contributed by atoms with van der Waals surface area (Å²) in [5, 5.41) is 0. The van der Waals surface area contributed by atoms with Crippen molar-refractivity contribution in [2.45, 2.75) is 26.3 Å². The minimum absolute atomic E-state index is 0.552. The van der Waals surface area contributed by atoms with Crippen LogP contribution in [0.15, 0.2) is 36.5 Å².